The minimum absolute atomic E-state index is 0.0678. The highest BCUT2D eigenvalue weighted by Gasteiger charge is 2.22. The molecule has 20 heavy (non-hydrogen) atoms. The van der Waals surface area contributed by atoms with E-state index >= 15 is 0 Å². The number of anilines is 1. The number of rotatable bonds is 2. The van der Waals surface area contributed by atoms with Gasteiger partial charge in [-0.2, -0.15) is 0 Å². The second-order valence-corrected chi connectivity index (χ2v) is 6.93. The van der Waals surface area contributed by atoms with Crippen molar-refractivity contribution in [1.82, 2.24) is 4.98 Å². The van der Waals surface area contributed by atoms with Gasteiger partial charge in [0.2, 0.25) is 0 Å². The van der Waals surface area contributed by atoms with E-state index in [0.717, 1.165) is 24.4 Å². The van der Waals surface area contributed by atoms with Crippen molar-refractivity contribution in [3.63, 3.8) is 0 Å². The van der Waals surface area contributed by atoms with Crippen LogP contribution in [-0.2, 0) is 19.3 Å². The van der Waals surface area contributed by atoms with Gasteiger partial charge in [0.1, 0.15) is 5.01 Å². The van der Waals surface area contributed by atoms with Gasteiger partial charge in [-0.25, -0.2) is 4.98 Å². The largest absolute Gasteiger partial charge is 0.374 e. The predicted octanol–water partition coefficient (Wildman–Crippen LogP) is 2.67. The zero-order valence-corrected chi connectivity index (χ0v) is 12.5. The third kappa shape index (κ3) is 1.86. The molecule has 1 aromatic heterocycles. The lowest BCUT2D eigenvalue weighted by Crippen LogP contribution is -2.13. The van der Waals surface area contributed by atoms with Gasteiger partial charge in [-0.3, -0.25) is 0 Å². The van der Waals surface area contributed by atoms with Gasteiger partial charge >= 0.3 is 0 Å². The van der Waals surface area contributed by atoms with E-state index < -0.39 is 0 Å². The van der Waals surface area contributed by atoms with Gasteiger partial charge in [-0.15, -0.1) is 11.3 Å². The molecule has 2 N–H and O–H groups in total. The van der Waals surface area contributed by atoms with Gasteiger partial charge in [0.25, 0.3) is 0 Å². The van der Waals surface area contributed by atoms with Crippen LogP contribution in [0.3, 0.4) is 0 Å². The van der Waals surface area contributed by atoms with Crippen molar-refractivity contribution in [3.8, 4) is 0 Å². The fourth-order valence-electron chi connectivity index (χ4n) is 3.27. The molecule has 2 aromatic rings. The number of aryl methyl sites for hydroxylation is 2. The monoisotopic (exact) mass is 285 g/mol. The Morgan fingerprint density at radius 3 is 3.05 bits per heavy atom. The molecule has 0 amide bonds. The van der Waals surface area contributed by atoms with Gasteiger partial charge in [-0.05, 0) is 42.9 Å². The standard InChI is InChI=1S/C16H19N3S/c1-19-8-7-10-9-11(5-6-13(10)19)15(17)16-18-12-3-2-4-14(12)20-16/h5-6,9,15H,2-4,7-8,17H2,1H3. The molecule has 0 bridgehead atoms. The fraction of sp³-hybridized carbons (Fsp3) is 0.438. The van der Waals surface area contributed by atoms with Gasteiger partial charge in [0.15, 0.2) is 0 Å². The van der Waals surface area contributed by atoms with Gasteiger partial charge in [0.05, 0.1) is 11.7 Å². The van der Waals surface area contributed by atoms with Gasteiger partial charge in [-0.1, -0.05) is 12.1 Å². The van der Waals surface area contributed by atoms with Crippen molar-refractivity contribution in [3.05, 3.63) is 44.9 Å². The van der Waals surface area contributed by atoms with Crippen molar-refractivity contribution in [1.29, 1.82) is 0 Å². The van der Waals surface area contributed by atoms with Crippen molar-refractivity contribution < 1.29 is 0 Å². The summed E-state index contributed by atoms with van der Waals surface area (Å²) in [6.07, 6.45) is 4.71. The van der Waals surface area contributed by atoms with Crippen LogP contribution in [0.4, 0.5) is 5.69 Å². The van der Waals surface area contributed by atoms with Crippen LogP contribution in [0.5, 0.6) is 0 Å². The van der Waals surface area contributed by atoms with Crippen LogP contribution in [-0.4, -0.2) is 18.6 Å². The van der Waals surface area contributed by atoms with E-state index in [1.807, 2.05) is 11.3 Å². The molecule has 4 rings (SSSR count). The van der Waals surface area contributed by atoms with Crippen LogP contribution in [0.1, 0.15) is 39.2 Å². The Morgan fingerprint density at radius 1 is 1.30 bits per heavy atom. The molecule has 0 spiro atoms. The van der Waals surface area contributed by atoms with Crippen LogP contribution in [0, 0.1) is 0 Å². The first kappa shape index (κ1) is 12.4. The number of hydrogen-bond acceptors (Lipinski definition) is 4. The highest BCUT2D eigenvalue weighted by molar-refractivity contribution is 7.11. The number of thiazole rings is 1. The Kier molecular flexibility index (Phi) is 2.82. The van der Waals surface area contributed by atoms with Crippen molar-refractivity contribution in [2.24, 2.45) is 5.73 Å². The fourth-order valence-corrected chi connectivity index (χ4v) is 4.45. The third-order valence-electron chi connectivity index (χ3n) is 4.47. The van der Waals surface area contributed by atoms with Crippen LogP contribution >= 0.6 is 11.3 Å². The lowest BCUT2D eigenvalue weighted by Gasteiger charge is -2.14. The summed E-state index contributed by atoms with van der Waals surface area (Å²) in [6.45, 7) is 1.11. The topological polar surface area (TPSA) is 42.1 Å². The van der Waals surface area contributed by atoms with E-state index in [0.29, 0.717) is 0 Å². The smallest absolute Gasteiger partial charge is 0.114 e. The summed E-state index contributed by atoms with van der Waals surface area (Å²) in [4.78, 5) is 8.52. The highest BCUT2D eigenvalue weighted by atomic mass is 32.1. The normalized spacial score (nSPS) is 18.2. The number of nitrogens with two attached hydrogens (primary N) is 1. The van der Waals surface area contributed by atoms with Crippen molar-refractivity contribution in [2.45, 2.75) is 31.7 Å². The molecule has 1 unspecified atom stereocenters. The highest BCUT2D eigenvalue weighted by Crippen LogP contribution is 2.34. The summed E-state index contributed by atoms with van der Waals surface area (Å²) in [6, 6.07) is 6.58. The van der Waals surface area contributed by atoms with Crippen molar-refractivity contribution in [2.75, 3.05) is 18.5 Å². The maximum absolute atomic E-state index is 6.44. The predicted molar refractivity (Wildman–Crippen MR) is 83.6 cm³/mol. The van der Waals surface area contributed by atoms with E-state index in [9.17, 15) is 0 Å². The molecule has 104 valence electrons. The Bertz CT molecular complexity index is 640. The molecule has 3 nitrogen and oxygen atoms in total. The molecule has 1 aliphatic heterocycles. The Hall–Kier alpha value is -1.39. The maximum atomic E-state index is 6.44. The lowest BCUT2D eigenvalue weighted by atomic mass is 10.0. The molecule has 1 atom stereocenters. The van der Waals surface area contributed by atoms with Gasteiger partial charge < -0.3 is 10.6 Å². The molecule has 0 saturated carbocycles. The molecule has 2 heterocycles. The van der Waals surface area contributed by atoms with Crippen LogP contribution < -0.4 is 10.6 Å². The molecular weight excluding hydrogens is 266 g/mol. The number of fused-ring (bicyclic) bond motifs is 2. The minimum atomic E-state index is -0.0678. The summed E-state index contributed by atoms with van der Waals surface area (Å²) in [5.74, 6) is 0. The zero-order chi connectivity index (χ0) is 13.7. The lowest BCUT2D eigenvalue weighted by molar-refractivity contribution is 0.832. The van der Waals surface area contributed by atoms with Crippen LogP contribution in [0.25, 0.3) is 0 Å². The molecule has 0 saturated heterocycles. The summed E-state index contributed by atoms with van der Waals surface area (Å²) in [7, 11) is 2.15. The van der Waals surface area contributed by atoms with Gasteiger partial charge in [0, 0.05) is 24.2 Å². The van der Waals surface area contributed by atoms with E-state index in [4.69, 9.17) is 10.7 Å². The van der Waals surface area contributed by atoms with Crippen LogP contribution in [0.15, 0.2) is 18.2 Å². The van der Waals surface area contributed by atoms with E-state index in [-0.39, 0.29) is 6.04 Å². The Balaban J connectivity index is 1.66. The molecule has 0 radical (unpaired) electrons. The average Bonchev–Trinajstić information content (AvgIpc) is 3.12. The average molecular weight is 285 g/mol. The summed E-state index contributed by atoms with van der Waals surface area (Å²) in [5, 5.41) is 1.08. The number of hydrogen-bond donors (Lipinski definition) is 1. The van der Waals surface area contributed by atoms with E-state index in [2.05, 4.69) is 30.1 Å². The number of likely N-dealkylation sites (N-methyl/N-ethyl adjacent to an activating group) is 1. The summed E-state index contributed by atoms with van der Waals surface area (Å²) < 4.78 is 0. The molecule has 4 heteroatoms. The first-order chi connectivity index (χ1) is 9.72. The van der Waals surface area contributed by atoms with E-state index in [1.54, 1.807) is 0 Å². The van der Waals surface area contributed by atoms with Crippen molar-refractivity contribution >= 4 is 17.0 Å². The molecule has 2 aliphatic rings. The summed E-state index contributed by atoms with van der Waals surface area (Å²) in [5.41, 5.74) is 11.7. The van der Waals surface area contributed by atoms with Crippen LogP contribution in [0.2, 0.25) is 0 Å². The molecule has 0 fully saturated rings. The molecular formula is C16H19N3S. The summed E-state index contributed by atoms with van der Waals surface area (Å²) >= 11 is 1.81. The van der Waals surface area contributed by atoms with E-state index in [1.165, 1.54) is 40.2 Å². The second kappa shape index (κ2) is 4.57. The molecule has 1 aromatic carbocycles. The Morgan fingerprint density at radius 2 is 2.20 bits per heavy atom. The number of benzene rings is 1. The minimum Gasteiger partial charge on any atom is -0.374 e. The third-order valence-corrected chi connectivity index (χ3v) is 5.71. The first-order valence-electron chi connectivity index (χ1n) is 7.30. The first-order valence-corrected chi connectivity index (χ1v) is 8.12. The maximum Gasteiger partial charge on any atom is 0.114 e. The molecule has 1 aliphatic carbocycles. The number of aromatic nitrogens is 1. The SMILES string of the molecule is CN1CCc2cc(C(N)c3nc4c(s3)CCC4)ccc21. The quantitative estimate of drug-likeness (QED) is 0.922. The number of nitrogens with zero attached hydrogens (tertiary/aromatic N) is 2. The zero-order valence-electron chi connectivity index (χ0n) is 11.7. The Labute approximate surface area is 123 Å². The second-order valence-electron chi connectivity index (χ2n) is 5.81.